The van der Waals surface area contributed by atoms with Gasteiger partial charge in [0.1, 0.15) is 0 Å². The van der Waals surface area contributed by atoms with Gasteiger partial charge in [0, 0.05) is 35.7 Å². The van der Waals surface area contributed by atoms with Gasteiger partial charge in [0.15, 0.2) is 5.96 Å². The van der Waals surface area contributed by atoms with Crippen LogP contribution in [0, 0.1) is 5.41 Å². The predicted octanol–water partition coefficient (Wildman–Crippen LogP) is 2.99. The molecule has 1 aliphatic heterocycles. The lowest BCUT2D eigenvalue weighted by molar-refractivity contribution is -0.0971. The molecule has 4 nitrogen and oxygen atoms in total. The summed E-state index contributed by atoms with van der Waals surface area (Å²) in [5.41, 5.74) is 0.252. The molecule has 1 fully saturated rings. The molecule has 1 aromatic rings. The van der Waals surface area contributed by atoms with E-state index < -0.39 is 0 Å². The summed E-state index contributed by atoms with van der Waals surface area (Å²) in [6.45, 7) is 7.89. The third-order valence-corrected chi connectivity index (χ3v) is 4.56. The van der Waals surface area contributed by atoms with Gasteiger partial charge in [0.2, 0.25) is 0 Å². The van der Waals surface area contributed by atoms with E-state index in [0.29, 0.717) is 5.25 Å². The summed E-state index contributed by atoms with van der Waals surface area (Å²) in [5, 5.41) is 7.25. The SMILES string of the molecule is CN=C(NCC(C)Sc1ccccc1)NCC1(C)COC1.I. The smallest absolute Gasteiger partial charge is 0.191 e. The van der Waals surface area contributed by atoms with Crippen molar-refractivity contribution in [2.45, 2.75) is 24.0 Å². The average molecular weight is 435 g/mol. The van der Waals surface area contributed by atoms with Crippen molar-refractivity contribution in [3.63, 3.8) is 0 Å². The van der Waals surface area contributed by atoms with Crippen LogP contribution >= 0.6 is 35.7 Å². The number of guanidine groups is 1. The molecule has 124 valence electrons. The minimum atomic E-state index is 0. The Labute approximate surface area is 154 Å². The number of aliphatic imine (C=N–C) groups is 1. The quantitative estimate of drug-likeness (QED) is 0.312. The van der Waals surface area contributed by atoms with Crippen LogP contribution < -0.4 is 10.6 Å². The molecule has 22 heavy (non-hydrogen) atoms. The molecule has 0 aliphatic carbocycles. The van der Waals surface area contributed by atoms with Crippen LogP contribution in [-0.4, -0.2) is 44.6 Å². The molecule has 1 aliphatic rings. The minimum Gasteiger partial charge on any atom is -0.380 e. The average Bonchev–Trinajstić information content (AvgIpc) is 2.46. The molecule has 1 atom stereocenters. The van der Waals surface area contributed by atoms with Gasteiger partial charge in [-0.25, -0.2) is 0 Å². The summed E-state index contributed by atoms with van der Waals surface area (Å²) in [4.78, 5) is 5.57. The number of nitrogens with zero attached hydrogens (tertiary/aromatic N) is 1. The Morgan fingerprint density at radius 1 is 1.32 bits per heavy atom. The first-order chi connectivity index (χ1) is 10.1. The van der Waals surface area contributed by atoms with Crippen LogP contribution in [0.3, 0.4) is 0 Å². The number of halogens is 1. The van der Waals surface area contributed by atoms with Crippen molar-refractivity contribution in [1.29, 1.82) is 0 Å². The standard InChI is InChI=1S/C16H25N3OS.HI/c1-13(21-14-7-5-4-6-8-14)9-18-15(17-3)19-10-16(2)11-20-12-16;/h4-8,13H,9-12H2,1-3H3,(H2,17,18,19);1H. The van der Waals surface area contributed by atoms with Crippen molar-refractivity contribution >= 4 is 41.7 Å². The Morgan fingerprint density at radius 3 is 2.55 bits per heavy atom. The largest absolute Gasteiger partial charge is 0.380 e. The summed E-state index contributed by atoms with van der Waals surface area (Å²) >= 11 is 1.87. The number of ether oxygens (including phenoxy) is 1. The highest BCUT2D eigenvalue weighted by molar-refractivity contribution is 14.0. The van der Waals surface area contributed by atoms with Crippen LogP contribution in [0.15, 0.2) is 40.2 Å². The van der Waals surface area contributed by atoms with Crippen molar-refractivity contribution in [3.05, 3.63) is 30.3 Å². The molecular formula is C16H26IN3OS. The lowest BCUT2D eigenvalue weighted by Gasteiger charge is -2.38. The van der Waals surface area contributed by atoms with E-state index >= 15 is 0 Å². The maximum Gasteiger partial charge on any atom is 0.191 e. The normalized spacial score (nSPS) is 17.9. The van der Waals surface area contributed by atoms with Gasteiger partial charge >= 0.3 is 0 Å². The Kier molecular flexibility index (Phi) is 8.56. The van der Waals surface area contributed by atoms with Gasteiger partial charge in [-0.05, 0) is 12.1 Å². The second-order valence-corrected chi connectivity index (χ2v) is 7.36. The highest BCUT2D eigenvalue weighted by atomic mass is 127. The lowest BCUT2D eigenvalue weighted by atomic mass is 9.89. The lowest BCUT2D eigenvalue weighted by Crippen LogP contribution is -2.51. The molecule has 0 spiro atoms. The zero-order valence-electron chi connectivity index (χ0n) is 13.5. The molecule has 1 saturated heterocycles. The summed E-state index contributed by atoms with van der Waals surface area (Å²) in [6.07, 6.45) is 0. The van der Waals surface area contributed by atoms with Crippen molar-refractivity contribution < 1.29 is 4.74 Å². The van der Waals surface area contributed by atoms with Crippen molar-refractivity contribution in [3.8, 4) is 0 Å². The van der Waals surface area contributed by atoms with Gasteiger partial charge in [-0.15, -0.1) is 35.7 Å². The zero-order chi connectivity index (χ0) is 15.1. The van der Waals surface area contributed by atoms with E-state index in [2.05, 4.69) is 53.7 Å². The molecule has 0 aromatic heterocycles. The fourth-order valence-electron chi connectivity index (χ4n) is 2.08. The van der Waals surface area contributed by atoms with Crippen LogP contribution in [-0.2, 0) is 4.74 Å². The molecule has 0 radical (unpaired) electrons. The highest BCUT2D eigenvalue weighted by Crippen LogP contribution is 2.25. The number of hydrogen-bond acceptors (Lipinski definition) is 3. The molecule has 2 rings (SSSR count). The molecule has 0 bridgehead atoms. The number of rotatable bonds is 6. The van der Waals surface area contributed by atoms with E-state index in [-0.39, 0.29) is 29.4 Å². The van der Waals surface area contributed by atoms with E-state index in [1.807, 2.05) is 24.9 Å². The van der Waals surface area contributed by atoms with Crippen LogP contribution in [0.1, 0.15) is 13.8 Å². The Balaban J connectivity index is 0.00000242. The number of nitrogens with one attached hydrogen (secondary N) is 2. The van der Waals surface area contributed by atoms with Gasteiger partial charge in [-0.2, -0.15) is 0 Å². The van der Waals surface area contributed by atoms with Gasteiger partial charge in [-0.3, -0.25) is 4.99 Å². The maximum absolute atomic E-state index is 5.26. The monoisotopic (exact) mass is 435 g/mol. The Hall–Kier alpha value is -0.470. The van der Waals surface area contributed by atoms with Crippen LogP contribution in [0.5, 0.6) is 0 Å². The van der Waals surface area contributed by atoms with E-state index in [4.69, 9.17) is 4.74 Å². The van der Waals surface area contributed by atoms with Gasteiger partial charge in [-0.1, -0.05) is 32.0 Å². The summed E-state index contributed by atoms with van der Waals surface area (Å²) in [7, 11) is 1.81. The molecule has 1 heterocycles. The van der Waals surface area contributed by atoms with E-state index in [9.17, 15) is 0 Å². The van der Waals surface area contributed by atoms with Crippen LogP contribution in [0.25, 0.3) is 0 Å². The van der Waals surface area contributed by atoms with Crippen molar-refractivity contribution in [2.24, 2.45) is 10.4 Å². The highest BCUT2D eigenvalue weighted by Gasteiger charge is 2.33. The Morgan fingerprint density at radius 2 is 2.00 bits per heavy atom. The summed E-state index contributed by atoms with van der Waals surface area (Å²) in [6, 6.07) is 10.5. The number of thioether (sulfide) groups is 1. The van der Waals surface area contributed by atoms with Gasteiger partial charge < -0.3 is 15.4 Å². The summed E-state index contributed by atoms with van der Waals surface area (Å²) < 4.78 is 5.26. The first-order valence-corrected chi connectivity index (χ1v) is 8.23. The zero-order valence-corrected chi connectivity index (χ0v) is 16.6. The molecule has 0 saturated carbocycles. The summed E-state index contributed by atoms with van der Waals surface area (Å²) in [5.74, 6) is 0.864. The van der Waals surface area contributed by atoms with Crippen molar-refractivity contribution in [1.82, 2.24) is 10.6 Å². The molecule has 1 unspecified atom stereocenters. The second-order valence-electron chi connectivity index (χ2n) is 5.85. The van der Waals surface area contributed by atoms with E-state index in [1.165, 1.54) is 4.90 Å². The van der Waals surface area contributed by atoms with Crippen LogP contribution in [0.4, 0.5) is 0 Å². The topological polar surface area (TPSA) is 45.7 Å². The number of hydrogen-bond donors (Lipinski definition) is 2. The first-order valence-electron chi connectivity index (χ1n) is 7.35. The third-order valence-electron chi connectivity index (χ3n) is 3.44. The van der Waals surface area contributed by atoms with Crippen LogP contribution in [0.2, 0.25) is 0 Å². The molecule has 1 aromatic carbocycles. The van der Waals surface area contributed by atoms with Crippen molar-refractivity contribution in [2.75, 3.05) is 33.4 Å². The molecule has 2 N–H and O–H groups in total. The minimum absolute atomic E-state index is 0. The van der Waals surface area contributed by atoms with Gasteiger partial charge in [0.25, 0.3) is 0 Å². The third kappa shape index (κ3) is 6.34. The molecular weight excluding hydrogens is 409 g/mol. The Bertz CT molecular complexity index is 466. The molecule has 0 amide bonds. The first kappa shape index (κ1) is 19.6. The van der Waals surface area contributed by atoms with E-state index in [1.54, 1.807) is 0 Å². The second kappa shape index (κ2) is 9.62. The maximum atomic E-state index is 5.26. The van der Waals surface area contributed by atoms with E-state index in [0.717, 1.165) is 32.3 Å². The molecule has 6 heteroatoms. The fourth-order valence-corrected chi connectivity index (χ4v) is 3.03. The number of benzene rings is 1. The predicted molar refractivity (Wildman–Crippen MR) is 105 cm³/mol. The van der Waals surface area contributed by atoms with Gasteiger partial charge in [0.05, 0.1) is 13.2 Å². The fraction of sp³-hybridized carbons (Fsp3) is 0.562.